The number of fused-ring (bicyclic) bond motifs is 2. The molecule has 2 aromatic heterocycles. The largest absolute Gasteiger partial charge is 0.460 e. The third-order valence-electron chi connectivity index (χ3n) is 4.20. The number of hydrazone groups is 1. The van der Waals surface area contributed by atoms with Crippen LogP contribution in [0.25, 0.3) is 10.9 Å². The first kappa shape index (κ1) is 15.3. The van der Waals surface area contributed by atoms with Gasteiger partial charge >= 0.3 is 0 Å². The Labute approximate surface area is 143 Å². The van der Waals surface area contributed by atoms with Crippen LogP contribution in [0.15, 0.2) is 44.6 Å². The van der Waals surface area contributed by atoms with E-state index in [1.165, 1.54) is 6.21 Å². The molecular formula is C18H16N4O3. The molecule has 1 amide bonds. The van der Waals surface area contributed by atoms with E-state index in [9.17, 15) is 9.59 Å². The highest BCUT2D eigenvalue weighted by Crippen LogP contribution is 2.16. The lowest BCUT2D eigenvalue weighted by Gasteiger charge is -2.06. The Balaban J connectivity index is 1.59. The van der Waals surface area contributed by atoms with Crippen LogP contribution in [-0.4, -0.2) is 21.7 Å². The third kappa shape index (κ3) is 2.84. The zero-order valence-corrected chi connectivity index (χ0v) is 13.7. The summed E-state index contributed by atoms with van der Waals surface area (Å²) < 4.78 is 7.04. The molecule has 0 aliphatic carbocycles. The van der Waals surface area contributed by atoms with Crippen LogP contribution in [0.4, 0.5) is 0 Å². The van der Waals surface area contributed by atoms with Gasteiger partial charge in [0.1, 0.15) is 17.3 Å². The molecule has 0 fully saturated rings. The number of furan rings is 1. The van der Waals surface area contributed by atoms with Gasteiger partial charge in [-0.2, -0.15) is 5.10 Å². The molecule has 1 aliphatic rings. The van der Waals surface area contributed by atoms with Crippen molar-refractivity contribution in [3.05, 3.63) is 63.6 Å². The predicted octanol–water partition coefficient (Wildman–Crippen LogP) is 2.01. The minimum absolute atomic E-state index is 0.0457. The minimum atomic E-state index is -0.371. The van der Waals surface area contributed by atoms with E-state index in [0.717, 1.165) is 24.4 Å². The second kappa shape index (κ2) is 6.01. The zero-order chi connectivity index (χ0) is 17.4. The van der Waals surface area contributed by atoms with Gasteiger partial charge in [-0.15, -0.1) is 0 Å². The van der Waals surface area contributed by atoms with Gasteiger partial charge in [0.15, 0.2) is 0 Å². The summed E-state index contributed by atoms with van der Waals surface area (Å²) in [5, 5.41) is 4.41. The summed E-state index contributed by atoms with van der Waals surface area (Å²) in [4.78, 5) is 29.2. The molecule has 0 bridgehead atoms. The first-order valence-electron chi connectivity index (χ1n) is 8.05. The number of hydrogen-bond donors (Lipinski definition) is 1. The highest BCUT2D eigenvalue weighted by molar-refractivity contribution is 5.98. The molecule has 25 heavy (non-hydrogen) atoms. The van der Waals surface area contributed by atoms with Crippen molar-refractivity contribution in [1.29, 1.82) is 0 Å². The van der Waals surface area contributed by atoms with Gasteiger partial charge in [0.25, 0.3) is 11.5 Å². The van der Waals surface area contributed by atoms with E-state index in [2.05, 4.69) is 15.5 Å². The van der Waals surface area contributed by atoms with Crippen molar-refractivity contribution in [2.24, 2.45) is 5.10 Å². The number of aryl methyl sites for hydroxylation is 2. The number of hydrogen-bond acceptors (Lipinski definition) is 5. The van der Waals surface area contributed by atoms with Crippen molar-refractivity contribution in [1.82, 2.24) is 15.0 Å². The summed E-state index contributed by atoms with van der Waals surface area (Å²) in [5.41, 5.74) is 3.34. The number of benzene rings is 1. The van der Waals surface area contributed by atoms with Crippen LogP contribution in [-0.2, 0) is 13.0 Å². The van der Waals surface area contributed by atoms with Crippen molar-refractivity contribution in [2.45, 2.75) is 26.3 Å². The summed E-state index contributed by atoms with van der Waals surface area (Å²) in [5.74, 6) is 1.74. The van der Waals surface area contributed by atoms with Crippen LogP contribution in [0.1, 0.15) is 34.1 Å². The Morgan fingerprint density at radius 2 is 2.24 bits per heavy atom. The van der Waals surface area contributed by atoms with E-state index in [4.69, 9.17) is 4.42 Å². The lowest BCUT2D eigenvalue weighted by Crippen LogP contribution is -2.22. The van der Waals surface area contributed by atoms with Crippen LogP contribution in [0.2, 0.25) is 0 Å². The highest BCUT2D eigenvalue weighted by atomic mass is 16.3. The molecule has 0 spiro atoms. The molecule has 126 valence electrons. The maximum Gasteiger partial charge on any atom is 0.271 e. The van der Waals surface area contributed by atoms with Crippen molar-refractivity contribution < 1.29 is 9.21 Å². The molecule has 1 aromatic carbocycles. The molecular weight excluding hydrogens is 320 g/mol. The van der Waals surface area contributed by atoms with Gasteiger partial charge in [-0.3, -0.25) is 14.2 Å². The Kier molecular flexibility index (Phi) is 3.68. The van der Waals surface area contributed by atoms with E-state index in [-0.39, 0.29) is 11.5 Å². The van der Waals surface area contributed by atoms with Crippen LogP contribution in [0, 0.1) is 6.92 Å². The van der Waals surface area contributed by atoms with Crippen LogP contribution in [0.3, 0.4) is 0 Å². The quantitative estimate of drug-likeness (QED) is 0.585. The summed E-state index contributed by atoms with van der Waals surface area (Å²) in [6.07, 6.45) is 3.14. The number of amides is 1. The molecule has 0 radical (unpaired) electrons. The second-order valence-electron chi connectivity index (χ2n) is 5.97. The van der Waals surface area contributed by atoms with E-state index >= 15 is 0 Å². The maximum atomic E-state index is 12.4. The average molecular weight is 336 g/mol. The van der Waals surface area contributed by atoms with E-state index in [1.807, 2.05) is 13.0 Å². The van der Waals surface area contributed by atoms with Gasteiger partial charge in [-0.1, -0.05) is 0 Å². The number of rotatable bonds is 3. The van der Waals surface area contributed by atoms with Crippen LogP contribution >= 0.6 is 0 Å². The zero-order valence-electron chi connectivity index (χ0n) is 13.7. The Bertz CT molecular complexity index is 1060. The molecule has 0 atom stereocenters. The Hall–Kier alpha value is -3.22. The van der Waals surface area contributed by atoms with Crippen molar-refractivity contribution in [3.8, 4) is 0 Å². The first-order chi connectivity index (χ1) is 12.1. The monoisotopic (exact) mass is 336 g/mol. The number of aromatic nitrogens is 2. The number of nitrogens with zero attached hydrogens (tertiary/aromatic N) is 3. The predicted molar refractivity (Wildman–Crippen MR) is 92.8 cm³/mol. The fourth-order valence-corrected chi connectivity index (χ4v) is 2.97. The van der Waals surface area contributed by atoms with Gasteiger partial charge in [-0.05, 0) is 43.7 Å². The SMILES string of the molecule is Cc1ccc(/C=N\NC(=O)c2ccc3c(=O)n4c(nc3c2)CCC4)o1. The normalized spacial score (nSPS) is 13.5. The summed E-state index contributed by atoms with van der Waals surface area (Å²) in [7, 11) is 0. The van der Waals surface area contributed by atoms with Crippen LogP contribution in [0.5, 0.6) is 0 Å². The summed E-state index contributed by atoms with van der Waals surface area (Å²) >= 11 is 0. The molecule has 3 aromatic rings. The van der Waals surface area contributed by atoms with Gasteiger partial charge in [-0.25, -0.2) is 10.4 Å². The molecule has 1 aliphatic heterocycles. The molecule has 4 rings (SSSR count). The summed E-state index contributed by atoms with van der Waals surface area (Å²) in [6, 6.07) is 8.45. The first-order valence-corrected chi connectivity index (χ1v) is 8.05. The lowest BCUT2D eigenvalue weighted by atomic mass is 10.1. The standard InChI is InChI=1S/C18H16N4O3/c1-11-4-6-13(25-11)10-19-21-17(23)12-5-7-14-15(9-12)20-16-3-2-8-22(16)18(14)24/h4-7,9-10H,2-3,8H2,1H3,(H,21,23)/b19-10-. The topological polar surface area (TPSA) is 89.5 Å². The van der Waals surface area contributed by atoms with Crippen molar-refractivity contribution in [3.63, 3.8) is 0 Å². The van der Waals surface area contributed by atoms with Crippen molar-refractivity contribution >= 4 is 23.0 Å². The maximum absolute atomic E-state index is 12.4. The third-order valence-corrected chi connectivity index (χ3v) is 4.20. The van der Waals surface area contributed by atoms with E-state index in [0.29, 0.717) is 28.8 Å². The second-order valence-corrected chi connectivity index (χ2v) is 5.97. The fraction of sp³-hybridized carbons (Fsp3) is 0.222. The smallest absolute Gasteiger partial charge is 0.271 e. The molecule has 7 nitrogen and oxygen atoms in total. The summed E-state index contributed by atoms with van der Waals surface area (Å²) in [6.45, 7) is 2.54. The average Bonchev–Trinajstić information content (AvgIpc) is 3.23. The fourth-order valence-electron chi connectivity index (χ4n) is 2.97. The molecule has 1 N–H and O–H groups in total. The van der Waals surface area contributed by atoms with E-state index in [1.54, 1.807) is 28.8 Å². The minimum Gasteiger partial charge on any atom is -0.460 e. The van der Waals surface area contributed by atoms with Gasteiger partial charge in [0.2, 0.25) is 0 Å². The Morgan fingerprint density at radius 1 is 1.36 bits per heavy atom. The van der Waals surface area contributed by atoms with Gasteiger partial charge in [0.05, 0.1) is 17.1 Å². The molecule has 7 heteroatoms. The Morgan fingerprint density at radius 3 is 3.04 bits per heavy atom. The molecule has 3 heterocycles. The highest BCUT2D eigenvalue weighted by Gasteiger charge is 2.17. The van der Waals surface area contributed by atoms with Crippen LogP contribution < -0.4 is 11.0 Å². The lowest BCUT2D eigenvalue weighted by molar-refractivity contribution is 0.0955. The number of nitrogens with one attached hydrogen (secondary N) is 1. The van der Waals surface area contributed by atoms with Gasteiger partial charge in [0, 0.05) is 18.5 Å². The molecule has 0 unspecified atom stereocenters. The van der Waals surface area contributed by atoms with E-state index < -0.39 is 0 Å². The number of carbonyl (C=O) groups excluding carboxylic acids is 1. The van der Waals surface area contributed by atoms with Gasteiger partial charge < -0.3 is 4.42 Å². The molecule has 0 saturated heterocycles. The number of carbonyl (C=O) groups is 1. The molecule has 0 saturated carbocycles. The van der Waals surface area contributed by atoms with Crippen molar-refractivity contribution in [2.75, 3.05) is 0 Å².